The van der Waals surface area contributed by atoms with Crippen molar-refractivity contribution in [3.8, 4) is 0 Å². The SMILES string of the molecule is CN(C)C(CNC1CCCc2sc(I)cc21)c1ccco1. The highest BCUT2D eigenvalue weighted by molar-refractivity contribution is 14.1. The Labute approximate surface area is 143 Å². The van der Waals surface area contributed by atoms with Crippen LogP contribution < -0.4 is 5.32 Å². The van der Waals surface area contributed by atoms with E-state index < -0.39 is 0 Å². The normalized spacial score (nSPS) is 19.7. The Kier molecular flexibility index (Phi) is 5.03. The summed E-state index contributed by atoms with van der Waals surface area (Å²) < 4.78 is 6.99. The molecule has 2 aromatic heterocycles. The van der Waals surface area contributed by atoms with Gasteiger partial charge in [0.15, 0.2) is 0 Å². The van der Waals surface area contributed by atoms with Crippen LogP contribution in [0.3, 0.4) is 0 Å². The molecule has 0 saturated carbocycles. The number of rotatable bonds is 5. The lowest BCUT2D eigenvalue weighted by molar-refractivity contribution is 0.241. The van der Waals surface area contributed by atoms with Gasteiger partial charge < -0.3 is 9.73 Å². The van der Waals surface area contributed by atoms with E-state index in [0.29, 0.717) is 6.04 Å². The van der Waals surface area contributed by atoms with Crippen LogP contribution >= 0.6 is 33.9 Å². The van der Waals surface area contributed by atoms with Gasteiger partial charge in [0, 0.05) is 17.5 Å². The molecule has 0 spiro atoms. The molecule has 2 atom stereocenters. The Morgan fingerprint density at radius 3 is 3.10 bits per heavy atom. The second kappa shape index (κ2) is 6.81. The molecule has 2 heterocycles. The highest BCUT2D eigenvalue weighted by atomic mass is 127. The predicted octanol–water partition coefficient (Wildman–Crippen LogP) is 4.22. The Bertz CT molecular complexity index is 579. The molecule has 2 unspecified atom stereocenters. The molecule has 0 amide bonds. The monoisotopic (exact) mass is 416 g/mol. The topological polar surface area (TPSA) is 28.4 Å². The zero-order chi connectivity index (χ0) is 14.8. The average Bonchev–Trinajstić information content (AvgIpc) is 3.07. The van der Waals surface area contributed by atoms with Gasteiger partial charge in [0.05, 0.1) is 15.2 Å². The van der Waals surface area contributed by atoms with E-state index in [1.807, 2.05) is 17.4 Å². The van der Waals surface area contributed by atoms with Gasteiger partial charge in [-0.05, 0) is 79.7 Å². The number of hydrogen-bond donors (Lipinski definition) is 1. The van der Waals surface area contributed by atoms with Crippen LogP contribution in [0.25, 0.3) is 0 Å². The molecule has 1 N–H and O–H groups in total. The molecule has 1 aliphatic rings. The van der Waals surface area contributed by atoms with Gasteiger partial charge >= 0.3 is 0 Å². The fourth-order valence-corrected chi connectivity index (χ4v) is 5.13. The van der Waals surface area contributed by atoms with E-state index in [4.69, 9.17) is 4.42 Å². The van der Waals surface area contributed by atoms with E-state index in [-0.39, 0.29) is 6.04 Å². The number of halogens is 1. The summed E-state index contributed by atoms with van der Waals surface area (Å²) in [6.07, 6.45) is 5.52. The molecule has 0 radical (unpaired) electrons. The van der Waals surface area contributed by atoms with Gasteiger partial charge in [-0.1, -0.05) is 0 Å². The van der Waals surface area contributed by atoms with Gasteiger partial charge in [-0.2, -0.15) is 0 Å². The van der Waals surface area contributed by atoms with E-state index in [2.05, 4.69) is 59.0 Å². The van der Waals surface area contributed by atoms with Crippen molar-refractivity contribution in [2.75, 3.05) is 20.6 Å². The molecule has 114 valence electrons. The lowest BCUT2D eigenvalue weighted by Crippen LogP contribution is -2.34. The quantitative estimate of drug-likeness (QED) is 0.741. The van der Waals surface area contributed by atoms with E-state index in [0.717, 1.165) is 12.3 Å². The van der Waals surface area contributed by atoms with Gasteiger partial charge in [-0.3, -0.25) is 4.90 Å². The first-order chi connectivity index (χ1) is 10.1. The largest absolute Gasteiger partial charge is 0.468 e. The molecule has 0 aromatic carbocycles. The van der Waals surface area contributed by atoms with Crippen molar-refractivity contribution in [3.05, 3.63) is 43.5 Å². The minimum atomic E-state index is 0.281. The molecule has 3 nitrogen and oxygen atoms in total. The van der Waals surface area contributed by atoms with Crippen LogP contribution in [0.15, 0.2) is 28.9 Å². The summed E-state index contributed by atoms with van der Waals surface area (Å²) >= 11 is 4.39. The van der Waals surface area contributed by atoms with Crippen molar-refractivity contribution in [1.82, 2.24) is 10.2 Å². The molecule has 21 heavy (non-hydrogen) atoms. The van der Waals surface area contributed by atoms with E-state index >= 15 is 0 Å². The first kappa shape index (κ1) is 15.5. The highest BCUT2D eigenvalue weighted by Crippen LogP contribution is 2.36. The lowest BCUT2D eigenvalue weighted by atomic mass is 9.94. The van der Waals surface area contributed by atoms with Crippen LogP contribution in [0.5, 0.6) is 0 Å². The van der Waals surface area contributed by atoms with Gasteiger partial charge in [-0.25, -0.2) is 0 Å². The van der Waals surface area contributed by atoms with Crippen LogP contribution in [0, 0.1) is 2.88 Å². The molecular formula is C16H21IN2OS. The summed E-state index contributed by atoms with van der Waals surface area (Å²) in [4.78, 5) is 3.79. The summed E-state index contributed by atoms with van der Waals surface area (Å²) in [5, 5.41) is 3.76. The van der Waals surface area contributed by atoms with Crippen molar-refractivity contribution >= 4 is 33.9 Å². The second-order valence-electron chi connectivity index (χ2n) is 5.78. The molecule has 3 rings (SSSR count). The molecule has 0 saturated heterocycles. The van der Waals surface area contributed by atoms with Crippen LogP contribution in [0.1, 0.15) is 41.1 Å². The first-order valence-corrected chi connectivity index (χ1v) is 9.26. The fourth-order valence-electron chi connectivity index (χ4n) is 3.01. The fraction of sp³-hybridized carbons (Fsp3) is 0.500. The summed E-state index contributed by atoms with van der Waals surface area (Å²) in [7, 11) is 4.21. The third-order valence-electron chi connectivity index (χ3n) is 4.14. The van der Waals surface area contributed by atoms with E-state index in [1.54, 1.807) is 11.1 Å². The average molecular weight is 416 g/mol. The molecule has 0 fully saturated rings. The van der Waals surface area contributed by atoms with Crippen LogP contribution in [-0.4, -0.2) is 25.5 Å². The van der Waals surface area contributed by atoms with E-state index in [9.17, 15) is 0 Å². The third-order valence-corrected chi connectivity index (χ3v) is 6.11. The highest BCUT2D eigenvalue weighted by Gasteiger charge is 2.24. The third kappa shape index (κ3) is 3.52. The predicted molar refractivity (Wildman–Crippen MR) is 95.9 cm³/mol. The molecule has 0 bridgehead atoms. The van der Waals surface area contributed by atoms with Gasteiger partial charge in [-0.15, -0.1) is 11.3 Å². The lowest BCUT2D eigenvalue weighted by Gasteiger charge is -2.28. The second-order valence-corrected chi connectivity index (χ2v) is 8.81. The van der Waals surface area contributed by atoms with Gasteiger partial charge in [0.1, 0.15) is 5.76 Å². The Morgan fingerprint density at radius 2 is 2.38 bits per heavy atom. The number of nitrogens with zero attached hydrogens (tertiary/aromatic N) is 1. The Balaban J connectivity index is 1.70. The Morgan fingerprint density at radius 1 is 1.52 bits per heavy atom. The van der Waals surface area contributed by atoms with Crippen molar-refractivity contribution in [3.63, 3.8) is 0 Å². The van der Waals surface area contributed by atoms with Crippen molar-refractivity contribution in [2.45, 2.75) is 31.3 Å². The smallest absolute Gasteiger partial charge is 0.122 e. The maximum absolute atomic E-state index is 5.59. The van der Waals surface area contributed by atoms with Crippen molar-refractivity contribution in [2.24, 2.45) is 0 Å². The molecule has 0 aliphatic heterocycles. The molecule has 2 aromatic rings. The minimum absolute atomic E-state index is 0.281. The van der Waals surface area contributed by atoms with E-state index in [1.165, 1.54) is 27.7 Å². The maximum Gasteiger partial charge on any atom is 0.122 e. The maximum atomic E-state index is 5.59. The summed E-state index contributed by atoms with van der Waals surface area (Å²) in [5.74, 6) is 1.03. The van der Waals surface area contributed by atoms with Crippen molar-refractivity contribution < 1.29 is 4.42 Å². The zero-order valence-electron chi connectivity index (χ0n) is 12.4. The zero-order valence-corrected chi connectivity index (χ0v) is 15.4. The summed E-state index contributed by atoms with van der Waals surface area (Å²) in [6.45, 7) is 0.914. The summed E-state index contributed by atoms with van der Waals surface area (Å²) in [6, 6.07) is 7.15. The molecule has 5 heteroatoms. The van der Waals surface area contributed by atoms with Gasteiger partial charge in [0.25, 0.3) is 0 Å². The number of fused-ring (bicyclic) bond motifs is 1. The number of thiophene rings is 1. The number of aryl methyl sites for hydroxylation is 1. The van der Waals surface area contributed by atoms with Crippen molar-refractivity contribution in [1.29, 1.82) is 0 Å². The molecular weight excluding hydrogens is 395 g/mol. The number of nitrogens with one attached hydrogen (secondary N) is 1. The molecule has 1 aliphatic carbocycles. The number of hydrogen-bond acceptors (Lipinski definition) is 4. The van der Waals surface area contributed by atoms with Crippen LogP contribution in [0.4, 0.5) is 0 Å². The standard InChI is InChI=1S/C16H21IN2OS/c1-19(2)13(14-6-4-8-20-14)10-18-12-5-3-7-15-11(12)9-16(17)21-15/h4,6,8-9,12-13,18H,3,5,7,10H2,1-2H3. The number of furan rings is 1. The van der Waals surface area contributed by atoms with Crippen LogP contribution in [0.2, 0.25) is 0 Å². The first-order valence-electron chi connectivity index (χ1n) is 7.36. The minimum Gasteiger partial charge on any atom is -0.468 e. The number of likely N-dealkylation sites (N-methyl/N-ethyl adjacent to an activating group) is 1. The Hall–Kier alpha value is -0.370. The van der Waals surface area contributed by atoms with Crippen LogP contribution in [-0.2, 0) is 6.42 Å². The summed E-state index contributed by atoms with van der Waals surface area (Å²) in [5.41, 5.74) is 1.52. The van der Waals surface area contributed by atoms with Gasteiger partial charge in [0.2, 0.25) is 0 Å².